The van der Waals surface area contributed by atoms with E-state index in [1.165, 1.54) is 33.5 Å². The van der Waals surface area contributed by atoms with Crippen LogP contribution in [0.3, 0.4) is 0 Å². The Morgan fingerprint density at radius 2 is 1.78 bits per heavy atom. The molecule has 0 bridgehead atoms. The van der Waals surface area contributed by atoms with Gasteiger partial charge in [0.05, 0.1) is 10.8 Å². The average molecular weight is 455 g/mol. The summed E-state index contributed by atoms with van der Waals surface area (Å²) in [5, 5.41) is 0. The van der Waals surface area contributed by atoms with Crippen LogP contribution >= 0.6 is 15.9 Å². The Hall–Kier alpha value is -1.77. The number of carbonyl (C=O) groups excluding carboxylic acids is 1. The lowest BCUT2D eigenvalue weighted by molar-refractivity contribution is -0.123. The third-order valence-corrected chi connectivity index (χ3v) is 7.14. The SMILES string of the molecule is CN(C(=O)[C@H]1CCCN(S(=O)(=O)c2ccc(Br)cc2)C1)c1ccc(F)cc1. The topological polar surface area (TPSA) is 57.7 Å². The van der Waals surface area contributed by atoms with Crippen LogP contribution in [0.5, 0.6) is 0 Å². The molecule has 1 atom stereocenters. The van der Waals surface area contributed by atoms with E-state index >= 15 is 0 Å². The van der Waals surface area contributed by atoms with Gasteiger partial charge in [0.1, 0.15) is 5.82 Å². The van der Waals surface area contributed by atoms with Crippen molar-refractivity contribution in [2.45, 2.75) is 17.7 Å². The number of sulfonamides is 1. The first kappa shape index (κ1) is 20.0. The molecule has 0 unspecified atom stereocenters. The van der Waals surface area contributed by atoms with Gasteiger partial charge in [0.2, 0.25) is 15.9 Å². The summed E-state index contributed by atoms with van der Waals surface area (Å²) in [5.74, 6) is -0.972. The molecule has 0 radical (unpaired) electrons. The highest BCUT2D eigenvalue weighted by Gasteiger charge is 2.34. The van der Waals surface area contributed by atoms with Crippen molar-refractivity contribution in [1.82, 2.24) is 4.31 Å². The maximum absolute atomic E-state index is 13.1. The molecule has 144 valence electrons. The molecule has 1 saturated heterocycles. The van der Waals surface area contributed by atoms with Crippen LogP contribution < -0.4 is 4.90 Å². The molecule has 27 heavy (non-hydrogen) atoms. The van der Waals surface area contributed by atoms with Crippen molar-refractivity contribution in [3.05, 3.63) is 58.8 Å². The van der Waals surface area contributed by atoms with Gasteiger partial charge in [0.25, 0.3) is 0 Å². The van der Waals surface area contributed by atoms with E-state index in [2.05, 4.69) is 15.9 Å². The summed E-state index contributed by atoms with van der Waals surface area (Å²) in [4.78, 5) is 14.5. The fourth-order valence-corrected chi connectivity index (χ4v) is 4.97. The van der Waals surface area contributed by atoms with Gasteiger partial charge in [-0.2, -0.15) is 4.31 Å². The van der Waals surface area contributed by atoms with E-state index < -0.39 is 15.9 Å². The molecule has 2 aromatic carbocycles. The van der Waals surface area contributed by atoms with Crippen LogP contribution in [0.4, 0.5) is 10.1 Å². The van der Waals surface area contributed by atoms with Crippen molar-refractivity contribution in [3.8, 4) is 0 Å². The zero-order valence-corrected chi connectivity index (χ0v) is 17.2. The maximum Gasteiger partial charge on any atom is 0.243 e. The van der Waals surface area contributed by atoms with Crippen molar-refractivity contribution < 1.29 is 17.6 Å². The lowest BCUT2D eigenvalue weighted by atomic mass is 9.98. The van der Waals surface area contributed by atoms with E-state index in [0.717, 1.165) is 4.47 Å². The number of amides is 1. The number of hydrogen-bond donors (Lipinski definition) is 0. The van der Waals surface area contributed by atoms with Gasteiger partial charge in [-0.05, 0) is 61.4 Å². The van der Waals surface area contributed by atoms with Crippen LogP contribution in [0.25, 0.3) is 0 Å². The molecule has 0 saturated carbocycles. The molecule has 0 aromatic heterocycles. The van der Waals surface area contributed by atoms with Crippen molar-refractivity contribution >= 4 is 37.5 Å². The molecule has 1 amide bonds. The van der Waals surface area contributed by atoms with Gasteiger partial charge in [-0.1, -0.05) is 15.9 Å². The first-order valence-electron chi connectivity index (χ1n) is 8.58. The van der Waals surface area contributed by atoms with Gasteiger partial charge in [-0.25, -0.2) is 12.8 Å². The molecule has 1 fully saturated rings. The molecule has 0 aliphatic carbocycles. The molecule has 1 aliphatic rings. The summed E-state index contributed by atoms with van der Waals surface area (Å²) in [6.07, 6.45) is 1.24. The Kier molecular flexibility index (Phi) is 5.98. The molecule has 1 heterocycles. The average Bonchev–Trinajstić information content (AvgIpc) is 2.68. The first-order valence-corrected chi connectivity index (χ1v) is 10.8. The summed E-state index contributed by atoms with van der Waals surface area (Å²) in [6, 6.07) is 12.1. The van der Waals surface area contributed by atoms with Crippen molar-refractivity contribution in [2.24, 2.45) is 5.92 Å². The Morgan fingerprint density at radius 3 is 2.41 bits per heavy atom. The number of nitrogens with zero attached hydrogens (tertiary/aromatic N) is 2. The van der Waals surface area contributed by atoms with Crippen molar-refractivity contribution in [3.63, 3.8) is 0 Å². The summed E-state index contributed by atoms with van der Waals surface area (Å²) in [7, 11) is -2.03. The normalized spacial score (nSPS) is 18.3. The second-order valence-electron chi connectivity index (χ2n) is 6.53. The van der Waals surface area contributed by atoms with E-state index in [1.807, 2.05) is 0 Å². The Morgan fingerprint density at radius 1 is 1.15 bits per heavy atom. The molecule has 5 nitrogen and oxygen atoms in total. The van der Waals surface area contributed by atoms with Gasteiger partial charge in [-0.3, -0.25) is 4.79 Å². The molecule has 0 spiro atoms. The van der Waals surface area contributed by atoms with E-state index in [4.69, 9.17) is 0 Å². The number of rotatable bonds is 4. The monoisotopic (exact) mass is 454 g/mol. The van der Waals surface area contributed by atoms with Gasteiger partial charge in [0, 0.05) is 30.3 Å². The smallest absolute Gasteiger partial charge is 0.243 e. The van der Waals surface area contributed by atoms with E-state index in [1.54, 1.807) is 31.3 Å². The van der Waals surface area contributed by atoms with E-state index in [0.29, 0.717) is 25.1 Å². The number of carbonyl (C=O) groups is 1. The molecule has 0 N–H and O–H groups in total. The van der Waals surface area contributed by atoms with Crippen LogP contribution in [0, 0.1) is 11.7 Å². The van der Waals surface area contributed by atoms with E-state index in [9.17, 15) is 17.6 Å². The molecular weight excluding hydrogens is 435 g/mol. The molecule has 8 heteroatoms. The van der Waals surface area contributed by atoms with Gasteiger partial charge in [0.15, 0.2) is 0 Å². The van der Waals surface area contributed by atoms with Crippen molar-refractivity contribution in [1.29, 1.82) is 0 Å². The summed E-state index contributed by atoms with van der Waals surface area (Å²) in [6.45, 7) is 0.533. The number of anilines is 1. The van der Waals surface area contributed by atoms with Crippen LogP contribution in [0.1, 0.15) is 12.8 Å². The zero-order chi connectivity index (χ0) is 19.6. The summed E-state index contributed by atoms with van der Waals surface area (Å²) >= 11 is 3.30. The van der Waals surface area contributed by atoms with Crippen LogP contribution in [-0.2, 0) is 14.8 Å². The highest BCUT2D eigenvalue weighted by molar-refractivity contribution is 9.10. The molecule has 3 rings (SSSR count). The number of hydrogen-bond acceptors (Lipinski definition) is 3. The second-order valence-corrected chi connectivity index (χ2v) is 9.38. The maximum atomic E-state index is 13.1. The quantitative estimate of drug-likeness (QED) is 0.708. The lowest BCUT2D eigenvalue weighted by Gasteiger charge is -2.33. The Bertz CT molecular complexity index is 917. The fraction of sp³-hybridized carbons (Fsp3) is 0.316. The second kappa shape index (κ2) is 8.08. The van der Waals surface area contributed by atoms with Gasteiger partial charge >= 0.3 is 0 Å². The Labute approximate surface area is 167 Å². The first-order chi connectivity index (χ1) is 12.8. The van der Waals surface area contributed by atoms with Crippen LogP contribution in [0.15, 0.2) is 57.9 Å². The van der Waals surface area contributed by atoms with Gasteiger partial charge in [-0.15, -0.1) is 0 Å². The largest absolute Gasteiger partial charge is 0.315 e. The minimum absolute atomic E-state index is 0.142. The number of halogens is 2. The fourth-order valence-electron chi connectivity index (χ4n) is 3.18. The summed E-state index contributed by atoms with van der Waals surface area (Å²) in [5.41, 5.74) is 0.578. The number of benzene rings is 2. The van der Waals surface area contributed by atoms with Crippen LogP contribution in [-0.4, -0.2) is 38.8 Å². The van der Waals surface area contributed by atoms with Crippen molar-refractivity contribution in [2.75, 3.05) is 25.0 Å². The Balaban J connectivity index is 1.76. The minimum atomic E-state index is -3.65. The molecule has 2 aromatic rings. The highest BCUT2D eigenvalue weighted by atomic mass is 79.9. The predicted octanol–water partition coefficient (Wildman–Crippen LogP) is 3.65. The van der Waals surface area contributed by atoms with Crippen LogP contribution in [0.2, 0.25) is 0 Å². The predicted molar refractivity (Wildman–Crippen MR) is 105 cm³/mol. The van der Waals surface area contributed by atoms with E-state index in [-0.39, 0.29) is 23.2 Å². The highest BCUT2D eigenvalue weighted by Crippen LogP contribution is 2.27. The standard InChI is InChI=1S/C19H20BrFN2O3S/c1-22(17-8-6-16(21)7-9-17)19(24)14-3-2-12-23(13-14)27(25,26)18-10-4-15(20)5-11-18/h4-11,14H,2-3,12-13H2,1H3/t14-/m0/s1. The third kappa shape index (κ3) is 4.39. The van der Waals surface area contributed by atoms with Gasteiger partial charge < -0.3 is 4.90 Å². The molecule has 1 aliphatic heterocycles. The third-order valence-electron chi connectivity index (χ3n) is 4.73. The minimum Gasteiger partial charge on any atom is -0.315 e. The zero-order valence-electron chi connectivity index (χ0n) is 14.8. The lowest BCUT2D eigenvalue weighted by Crippen LogP contribution is -2.45. The molecular formula is C19H20BrFN2O3S. The summed E-state index contributed by atoms with van der Waals surface area (Å²) < 4.78 is 41.0. The number of piperidine rings is 1.